The van der Waals surface area contributed by atoms with Gasteiger partial charge in [0.2, 0.25) is 5.91 Å². The van der Waals surface area contributed by atoms with Crippen molar-refractivity contribution in [1.29, 1.82) is 0 Å². The molecule has 1 atom stereocenters. The first-order valence-electron chi connectivity index (χ1n) is 5.33. The highest BCUT2D eigenvalue weighted by atomic mass is 35.5. The maximum atomic E-state index is 11.8. The summed E-state index contributed by atoms with van der Waals surface area (Å²) >= 11 is 1.75. The van der Waals surface area contributed by atoms with Crippen molar-refractivity contribution in [2.75, 3.05) is 31.1 Å². The zero-order valence-electron chi connectivity index (χ0n) is 9.49. The summed E-state index contributed by atoms with van der Waals surface area (Å²) in [5.74, 6) is 2.04. The van der Waals surface area contributed by atoms with Gasteiger partial charge >= 0.3 is 0 Å². The molecule has 1 fully saturated rings. The molecule has 0 spiro atoms. The van der Waals surface area contributed by atoms with Gasteiger partial charge in [0.25, 0.3) is 0 Å². The number of carbonyl (C=O) groups is 1. The summed E-state index contributed by atoms with van der Waals surface area (Å²) in [4.78, 5) is 13.8. The number of nitrogens with zero attached hydrogens (tertiary/aromatic N) is 1. The van der Waals surface area contributed by atoms with Gasteiger partial charge in [-0.2, -0.15) is 11.8 Å². The van der Waals surface area contributed by atoms with Crippen molar-refractivity contribution in [2.24, 2.45) is 0 Å². The fourth-order valence-corrected chi connectivity index (χ4v) is 2.37. The minimum Gasteiger partial charge on any atom is -0.337 e. The number of hydrogen-bond donors (Lipinski definition) is 1. The molecule has 1 rings (SSSR count). The molecule has 0 aromatic rings. The highest BCUT2D eigenvalue weighted by Crippen LogP contribution is 2.08. The van der Waals surface area contributed by atoms with Crippen molar-refractivity contribution in [3.63, 3.8) is 0 Å². The van der Waals surface area contributed by atoms with Crippen LogP contribution in [0.3, 0.4) is 0 Å². The van der Waals surface area contributed by atoms with E-state index in [4.69, 9.17) is 0 Å². The van der Waals surface area contributed by atoms with Crippen molar-refractivity contribution >= 4 is 30.1 Å². The van der Waals surface area contributed by atoms with Crippen LogP contribution in [0.25, 0.3) is 0 Å². The molecule has 5 heteroatoms. The highest BCUT2D eigenvalue weighted by Gasteiger charge is 2.22. The van der Waals surface area contributed by atoms with Crippen LogP contribution in [0.2, 0.25) is 0 Å². The van der Waals surface area contributed by atoms with Gasteiger partial charge in [-0.3, -0.25) is 4.79 Å². The molecule has 0 bridgehead atoms. The second kappa shape index (κ2) is 8.25. The molecule has 1 heterocycles. The molecule has 0 aromatic carbocycles. The molecule has 0 aromatic heterocycles. The largest absolute Gasteiger partial charge is 0.337 e. The van der Waals surface area contributed by atoms with Gasteiger partial charge in [-0.15, -0.1) is 12.4 Å². The number of halogens is 1. The SMILES string of the molecule is CCCSCC(=O)N1CCNC[C@H]1C.Cl. The monoisotopic (exact) mass is 252 g/mol. The second-order valence-corrected chi connectivity index (χ2v) is 4.80. The maximum absolute atomic E-state index is 11.8. The Labute approximate surface area is 103 Å². The van der Waals surface area contributed by atoms with E-state index in [0.29, 0.717) is 17.7 Å². The van der Waals surface area contributed by atoms with Gasteiger partial charge in [-0.1, -0.05) is 6.92 Å². The van der Waals surface area contributed by atoms with Crippen molar-refractivity contribution in [3.05, 3.63) is 0 Å². The Morgan fingerprint density at radius 2 is 2.33 bits per heavy atom. The Bertz CT molecular complexity index is 192. The van der Waals surface area contributed by atoms with E-state index >= 15 is 0 Å². The van der Waals surface area contributed by atoms with Gasteiger partial charge in [0.1, 0.15) is 0 Å². The van der Waals surface area contributed by atoms with Gasteiger partial charge in [-0.25, -0.2) is 0 Å². The number of nitrogens with one attached hydrogen (secondary N) is 1. The predicted molar refractivity (Wildman–Crippen MR) is 68.9 cm³/mol. The highest BCUT2D eigenvalue weighted by molar-refractivity contribution is 7.99. The van der Waals surface area contributed by atoms with E-state index in [1.54, 1.807) is 11.8 Å². The normalized spacial score (nSPS) is 20.9. The van der Waals surface area contributed by atoms with Crippen LogP contribution in [-0.2, 0) is 4.79 Å². The van der Waals surface area contributed by atoms with E-state index in [1.807, 2.05) is 4.90 Å². The van der Waals surface area contributed by atoms with E-state index in [0.717, 1.165) is 31.8 Å². The van der Waals surface area contributed by atoms with Gasteiger partial charge in [0, 0.05) is 25.7 Å². The summed E-state index contributed by atoms with van der Waals surface area (Å²) in [7, 11) is 0. The summed E-state index contributed by atoms with van der Waals surface area (Å²) in [5.41, 5.74) is 0. The zero-order chi connectivity index (χ0) is 10.4. The summed E-state index contributed by atoms with van der Waals surface area (Å²) in [6.45, 7) is 6.99. The first-order valence-corrected chi connectivity index (χ1v) is 6.49. The van der Waals surface area contributed by atoms with Crippen molar-refractivity contribution in [1.82, 2.24) is 10.2 Å². The quantitative estimate of drug-likeness (QED) is 0.768. The van der Waals surface area contributed by atoms with Gasteiger partial charge < -0.3 is 10.2 Å². The van der Waals surface area contributed by atoms with Crippen molar-refractivity contribution in [3.8, 4) is 0 Å². The van der Waals surface area contributed by atoms with Gasteiger partial charge in [0.05, 0.1) is 5.75 Å². The van der Waals surface area contributed by atoms with Crippen LogP contribution in [-0.4, -0.2) is 48.0 Å². The molecule has 3 nitrogen and oxygen atoms in total. The molecule has 0 unspecified atom stereocenters. The Hall–Kier alpha value is 0.0700. The minimum atomic E-state index is 0. The lowest BCUT2D eigenvalue weighted by Gasteiger charge is -2.33. The van der Waals surface area contributed by atoms with Crippen LogP contribution in [0, 0.1) is 0 Å². The minimum absolute atomic E-state index is 0. The molecule has 1 aliphatic rings. The van der Waals surface area contributed by atoms with Crippen molar-refractivity contribution < 1.29 is 4.79 Å². The zero-order valence-corrected chi connectivity index (χ0v) is 11.1. The molecule has 1 amide bonds. The summed E-state index contributed by atoms with van der Waals surface area (Å²) in [6, 6.07) is 0.360. The Balaban J connectivity index is 0.00000196. The topological polar surface area (TPSA) is 32.3 Å². The summed E-state index contributed by atoms with van der Waals surface area (Å²) in [5, 5.41) is 3.29. The van der Waals surface area contributed by atoms with E-state index in [1.165, 1.54) is 0 Å². The Morgan fingerprint density at radius 3 is 2.93 bits per heavy atom. The van der Waals surface area contributed by atoms with E-state index in [-0.39, 0.29) is 12.4 Å². The molecule has 0 saturated carbocycles. The third-order valence-electron chi connectivity index (χ3n) is 2.40. The number of piperazine rings is 1. The fourth-order valence-electron chi connectivity index (χ4n) is 1.60. The molecule has 1 saturated heterocycles. The molecule has 90 valence electrons. The van der Waals surface area contributed by atoms with E-state index < -0.39 is 0 Å². The number of carbonyl (C=O) groups excluding carboxylic acids is 1. The maximum Gasteiger partial charge on any atom is 0.232 e. The lowest BCUT2D eigenvalue weighted by atomic mass is 10.2. The Morgan fingerprint density at radius 1 is 1.60 bits per heavy atom. The number of amides is 1. The lowest BCUT2D eigenvalue weighted by Crippen LogP contribution is -2.52. The van der Waals surface area contributed by atoms with Gasteiger partial charge in [0.15, 0.2) is 0 Å². The molecular formula is C10H21ClN2OS. The number of thioether (sulfide) groups is 1. The molecule has 1 aliphatic heterocycles. The summed E-state index contributed by atoms with van der Waals surface area (Å²) < 4.78 is 0. The molecule has 15 heavy (non-hydrogen) atoms. The first kappa shape index (κ1) is 15.1. The molecule has 1 N–H and O–H groups in total. The van der Waals surface area contributed by atoms with E-state index in [2.05, 4.69) is 19.2 Å². The van der Waals surface area contributed by atoms with Crippen molar-refractivity contribution in [2.45, 2.75) is 26.3 Å². The fraction of sp³-hybridized carbons (Fsp3) is 0.900. The average Bonchev–Trinajstić information content (AvgIpc) is 2.18. The first-order chi connectivity index (χ1) is 6.75. The summed E-state index contributed by atoms with van der Waals surface area (Å²) in [6.07, 6.45) is 1.15. The third kappa shape index (κ3) is 5.09. The number of rotatable bonds is 4. The van der Waals surface area contributed by atoms with Gasteiger partial charge in [-0.05, 0) is 19.1 Å². The standard InChI is InChI=1S/C10H20N2OS.ClH/c1-3-6-14-8-10(13)12-5-4-11-7-9(12)2;/h9,11H,3-8H2,1-2H3;1H/t9-;/m1./s1. The second-order valence-electron chi connectivity index (χ2n) is 3.69. The molecule has 0 aliphatic carbocycles. The molecule has 0 radical (unpaired) electrons. The van der Waals surface area contributed by atoms with Crippen LogP contribution >= 0.6 is 24.2 Å². The van der Waals surface area contributed by atoms with Crippen LogP contribution in [0.15, 0.2) is 0 Å². The van der Waals surface area contributed by atoms with E-state index in [9.17, 15) is 4.79 Å². The van der Waals surface area contributed by atoms with Crippen LogP contribution < -0.4 is 5.32 Å². The Kier molecular flexibility index (Phi) is 8.29. The molecular weight excluding hydrogens is 232 g/mol. The number of hydrogen-bond acceptors (Lipinski definition) is 3. The smallest absolute Gasteiger partial charge is 0.232 e. The lowest BCUT2D eigenvalue weighted by molar-refractivity contribution is -0.131. The van der Waals surface area contributed by atoms with Crippen LogP contribution in [0.1, 0.15) is 20.3 Å². The average molecular weight is 253 g/mol. The predicted octanol–water partition coefficient (Wildman–Crippen LogP) is 1.37. The van der Waals surface area contributed by atoms with Crippen LogP contribution in [0.4, 0.5) is 0 Å². The van der Waals surface area contributed by atoms with Crippen LogP contribution in [0.5, 0.6) is 0 Å². The third-order valence-corrected chi connectivity index (χ3v) is 3.54.